The minimum absolute atomic E-state index is 0.0522. The highest BCUT2D eigenvalue weighted by atomic mass is 19.4. The van der Waals surface area contributed by atoms with Crippen LogP contribution in [-0.2, 0) is 22.7 Å². The zero-order chi connectivity index (χ0) is 20.9. The third-order valence-electron chi connectivity index (χ3n) is 4.60. The molecule has 9 heteroatoms. The first kappa shape index (κ1) is 20.6. The molecule has 0 spiro atoms. The number of alkyl halides is 3. The second-order valence-corrected chi connectivity index (χ2v) is 6.70. The smallest absolute Gasteiger partial charge is 0.405 e. The molecule has 0 unspecified atom stereocenters. The molecule has 2 aromatic rings. The number of hydrogen-bond acceptors (Lipinski definition) is 4. The summed E-state index contributed by atoms with van der Waals surface area (Å²) < 4.78 is 41.5. The topological polar surface area (TPSA) is 71.5 Å². The molecule has 0 saturated carbocycles. The van der Waals surface area contributed by atoms with Crippen molar-refractivity contribution in [3.05, 3.63) is 59.9 Å². The van der Waals surface area contributed by atoms with Crippen molar-refractivity contribution in [2.24, 2.45) is 5.92 Å². The molecule has 0 bridgehead atoms. The van der Waals surface area contributed by atoms with Crippen molar-refractivity contribution in [1.82, 2.24) is 15.2 Å². The van der Waals surface area contributed by atoms with Gasteiger partial charge in [0.2, 0.25) is 11.8 Å². The Bertz CT molecular complexity index is 859. The molecule has 2 heterocycles. The normalized spacial score (nSPS) is 17.1. The third-order valence-corrected chi connectivity index (χ3v) is 4.60. The van der Waals surface area contributed by atoms with Crippen molar-refractivity contribution in [2.75, 3.05) is 6.54 Å². The number of benzene rings is 1. The predicted octanol–water partition coefficient (Wildman–Crippen LogP) is 3.04. The number of nitrogens with zero attached hydrogens (tertiary/aromatic N) is 2. The molecular weight excluding hydrogens is 387 g/mol. The number of amides is 2. The Hall–Kier alpha value is -3.10. The molecule has 1 aliphatic rings. The number of likely N-dealkylation sites (tertiary alicyclic amines) is 1. The number of halogens is 3. The van der Waals surface area contributed by atoms with Crippen LogP contribution in [0.2, 0.25) is 0 Å². The van der Waals surface area contributed by atoms with Gasteiger partial charge < -0.3 is 15.0 Å². The molecule has 1 aromatic heterocycles. The highest BCUT2D eigenvalue weighted by Crippen LogP contribution is 2.26. The summed E-state index contributed by atoms with van der Waals surface area (Å²) in [5, 5.41) is 2.65. The van der Waals surface area contributed by atoms with E-state index in [0.717, 1.165) is 5.69 Å². The zero-order valence-electron chi connectivity index (χ0n) is 15.5. The average molecular weight is 407 g/mol. The molecule has 1 saturated heterocycles. The molecule has 1 N–H and O–H groups in total. The molecule has 1 atom stereocenters. The van der Waals surface area contributed by atoms with Crippen LogP contribution in [0.5, 0.6) is 5.75 Å². The molecule has 6 nitrogen and oxygen atoms in total. The highest BCUT2D eigenvalue weighted by Gasteiger charge is 2.33. The van der Waals surface area contributed by atoms with Gasteiger partial charge in [-0.1, -0.05) is 24.3 Å². The first-order valence-electron chi connectivity index (χ1n) is 9.11. The van der Waals surface area contributed by atoms with E-state index in [4.69, 9.17) is 0 Å². The van der Waals surface area contributed by atoms with Crippen molar-refractivity contribution >= 4 is 11.8 Å². The SMILES string of the molecule is O=C(NCc1ccccc1OC(F)(F)F)[C@@H]1CCC(=O)N(Cc2ccccn2)C1. The largest absolute Gasteiger partial charge is 0.573 e. The minimum atomic E-state index is -4.81. The molecule has 2 amide bonds. The van der Waals surface area contributed by atoms with Gasteiger partial charge in [0.1, 0.15) is 5.75 Å². The maximum Gasteiger partial charge on any atom is 0.573 e. The van der Waals surface area contributed by atoms with Gasteiger partial charge in [-0.05, 0) is 24.6 Å². The van der Waals surface area contributed by atoms with Crippen LogP contribution in [0.25, 0.3) is 0 Å². The van der Waals surface area contributed by atoms with E-state index in [-0.39, 0.29) is 42.6 Å². The van der Waals surface area contributed by atoms with E-state index in [9.17, 15) is 22.8 Å². The maximum absolute atomic E-state index is 12.5. The second-order valence-electron chi connectivity index (χ2n) is 6.70. The molecule has 0 radical (unpaired) electrons. The third kappa shape index (κ3) is 5.94. The lowest BCUT2D eigenvalue weighted by atomic mass is 9.96. The summed E-state index contributed by atoms with van der Waals surface area (Å²) in [7, 11) is 0. The van der Waals surface area contributed by atoms with Crippen LogP contribution in [0.3, 0.4) is 0 Å². The number of rotatable bonds is 6. The van der Waals surface area contributed by atoms with Gasteiger partial charge in [-0.15, -0.1) is 13.2 Å². The van der Waals surface area contributed by atoms with Crippen LogP contribution in [0.1, 0.15) is 24.1 Å². The summed E-state index contributed by atoms with van der Waals surface area (Å²) in [4.78, 5) is 30.5. The van der Waals surface area contributed by atoms with Gasteiger partial charge in [0.15, 0.2) is 0 Å². The number of ether oxygens (including phenoxy) is 1. The van der Waals surface area contributed by atoms with E-state index >= 15 is 0 Å². The Labute approximate surface area is 165 Å². The van der Waals surface area contributed by atoms with Crippen LogP contribution in [0, 0.1) is 5.92 Å². The van der Waals surface area contributed by atoms with Crippen LogP contribution >= 0.6 is 0 Å². The monoisotopic (exact) mass is 407 g/mol. The minimum Gasteiger partial charge on any atom is -0.405 e. The van der Waals surface area contributed by atoms with Crippen molar-refractivity contribution in [1.29, 1.82) is 0 Å². The number of hydrogen-bond donors (Lipinski definition) is 1. The number of para-hydroxylation sites is 1. The Balaban J connectivity index is 1.59. The van der Waals surface area contributed by atoms with Gasteiger partial charge in [-0.25, -0.2) is 0 Å². The zero-order valence-corrected chi connectivity index (χ0v) is 15.5. The van der Waals surface area contributed by atoms with E-state index in [2.05, 4.69) is 15.0 Å². The maximum atomic E-state index is 12.5. The number of piperidine rings is 1. The van der Waals surface area contributed by atoms with Crippen LogP contribution in [0.4, 0.5) is 13.2 Å². The summed E-state index contributed by atoms with van der Waals surface area (Å²) in [5.74, 6) is -1.16. The number of pyridine rings is 1. The summed E-state index contributed by atoms with van der Waals surface area (Å²) in [6, 6.07) is 11.0. The molecular formula is C20H20F3N3O3. The highest BCUT2D eigenvalue weighted by molar-refractivity contribution is 5.83. The average Bonchev–Trinajstić information content (AvgIpc) is 2.68. The van der Waals surface area contributed by atoms with E-state index in [0.29, 0.717) is 13.0 Å². The van der Waals surface area contributed by atoms with Gasteiger partial charge in [0.05, 0.1) is 18.2 Å². The number of aromatic nitrogens is 1. The van der Waals surface area contributed by atoms with Crippen LogP contribution < -0.4 is 10.1 Å². The second kappa shape index (κ2) is 8.93. The van der Waals surface area contributed by atoms with E-state index in [1.54, 1.807) is 29.3 Å². The van der Waals surface area contributed by atoms with Crippen LogP contribution in [-0.4, -0.2) is 34.6 Å². The molecule has 29 heavy (non-hydrogen) atoms. The fourth-order valence-corrected chi connectivity index (χ4v) is 3.17. The van der Waals surface area contributed by atoms with Gasteiger partial charge in [-0.2, -0.15) is 0 Å². The molecule has 0 aliphatic carbocycles. The Morgan fingerprint density at radius 3 is 2.69 bits per heavy atom. The quantitative estimate of drug-likeness (QED) is 0.799. The van der Waals surface area contributed by atoms with Gasteiger partial charge >= 0.3 is 6.36 Å². The van der Waals surface area contributed by atoms with E-state index < -0.39 is 12.3 Å². The lowest BCUT2D eigenvalue weighted by Gasteiger charge is -2.31. The Morgan fingerprint density at radius 2 is 1.97 bits per heavy atom. The lowest BCUT2D eigenvalue weighted by molar-refractivity contribution is -0.274. The van der Waals surface area contributed by atoms with Gasteiger partial charge in [-0.3, -0.25) is 14.6 Å². The summed E-state index contributed by atoms with van der Waals surface area (Å²) in [6.07, 6.45) is -2.55. The predicted molar refractivity (Wildman–Crippen MR) is 97.3 cm³/mol. The first-order valence-corrected chi connectivity index (χ1v) is 9.11. The standard InChI is InChI=1S/C20H20F3N3O3/c21-20(22,23)29-17-7-2-1-5-14(17)11-25-19(28)15-8-9-18(27)26(12-15)13-16-6-3-4-10-24-16/h1-7,10,15H,8-9,11-13H2,(H,25,28)/t15-/m1/s1. The molecule has 1 fully saturated rings. The fourth-order valence-electron chi connectivity index (χ4n) is 3.17. The lowest BCUT2D eigenvalue weighted by Crippen LogP contribution is -2.45. The number of nitrogens with one attached hydrogen (secondary N) is 1. The van der Waals surface area contributed by atoms with Crippen molar-refractivity contribution in [3.8, 4) is 5.75 Å². The molecule has 1 aromatic carbocycles. The molecule has 3 rings (SSSR count). The molecule has 154 valence electrons. The van der Waals surface area contributed by atoms with Gasteiger partial charge in [0.25, 0.3) is 0 Å². The molecule has 1 aliphatic heterocycles. The Kier molecular flexibility index (Phi) is 6.36. The first-order chi connectivity index (χ1) is 13.8. The van der Waals surface area contributed by atoms with Crippen molar-refractivity contribution in [2.45, 2.75) is 32.3 Å². The van der Waals surface area contributed by atoms with Crippen molar-refractivity contribution < 1.29 is 27.5 Å². The summed E-state index contributed by atoms with van der Waals surface area (Å²) in [5.41, 5.74) is 0.940. The van der Waals surface area contributed by atoms with E-state index in [1.165, 1.54) is 18.2 Å². The van der Waals surface area contributed by atoms with E-state index in [1.807, 2.05) is 6.07 Å². The Morgan fingerprint density at radius 1 is 1.21 bits per heavy atom. The summed E-state index contributed by atoms with van der Waals surface area (Å²) >= 11 is 0. The number of carbonyl (C=O) groups is 2. The van der Waals surface area contributed by atoms with Crippen LogP contribution in [0.15, 0.2) is 48.7 Å². The van der Waals surface area contributed by atoms with Gasteiger partial charge in [0, 0.05) is 31.3 Å². The summed E-state index contributed by atoms with van der Waals surface area (Å²) in [6.45, 7) is 0.448. The number of carbonyl (C=O) groups excluding carboxylic acids is 2. The fraction of sp³-hybridized carbons (Fsp3) is 0.350. The van der Waals surface area contributed by atoms with Crippen molar-refractivity contribution in [3.63, 3.8) is 0 Å².